The van der Waals surface area contributed by atoms with Crippen molar-refractivity contribution in [3.05, 3.63) is 35.7 Å². The second-order valence-corrected chi connectivity index (χ2v) is 4.34. The molecule has 0 aliphatic heterocycles. The molecule has 1 rings (SSSR count). The number of aliphatic carboxylic acids is 1. The maximum atomic E-state index is 10.7. The Bertz CT molecular complexity index is 395. The standard InChI is InChI=1S/C11H12ClO3S/c1-6-5-8(12)3-4-9(6)15-7(2)10(16)11(13)14/h3-5,7,10,16H,2H2,1H3,(H,13,14). The Morgan fingerprint density at radius 1 is 1.62 bits per heavy atom. The molecule has 1 aromatic carbocycles. The molecule has 0 spiro atoms. The minimum atomic E-state index is -1.06. The number of carboxylic acid groups (broad SMARTS) is 1. The van der Waals surface area contributed by atoms with Gasteiger partial charge in [0, 0.05) is 5.02 Å². The number of carboxylic acids is 1. The van der Waals surface area contributed by atoms with Crippen molar-refractivity contribution in [2.24, 2.45) is 0 Å². The molecule has 5 heteroatoms. The number of aryl methyl sites for hydroxylation is 1. The molecule has 3 nitrogen and oxygen atoms in total. The molecular weight excluding hydrogens is 248 g/mol. The largest absolute Gasteiger partial charge is 0.488 e. The SMILES string of the molecule is [CH2]C(Oc1ccc(Cl)cc1C)C(S)C(=O)O. The lowest BCUT2D eigenvalue weighted by Gasteiger charge is -2.18. The number of carbonyl (C=O) groups is 1. The lowest BCUT2D eigenvalue weighted by Crippen LogP contribution is -2.31. The monoisotopic (exact) mass is 259 g/mol. The number of benzene rings is 1. The van der Waals surface area contributed by atoms with Crippen LogP contribution >= 0.6 is 24.2 Å². The fraction of sp³-hybridized carbons (Fsp3) is 0.273. The highest BCUT2D eigenvalue weighted by Crippen LogP contribution is 2.23. The fourth-order valence-electron chi connectivity index (χ4n) is 1.13. The maximum absolute atomic E-state index is 10.7. The van der Waals surface area contributed by atoms with Crippen LogP contribution in [0.4, 0.5) is 0 Å². The number of ether oxygens (including phenoxy) is 1. The Morgan fingerprint density at radius 2 is 2.25 bits per heavy atom. The summed E-state index contributed by atoms with van der Waals surface area (Å²) in [4.78, 5) is 10.7. The van der Waals surface area contributed by atoms with Gasteiger partial charge in [-0.05, 0) is 37.6 Å². The maximum Gasteiger partial charge on any atom is 0.320 e. The summed E-state index contributed by atoms with van der Waals surface area (Å²) < 4.78 is 5.40. The molecule has 2 atom stereocenters. The zero-order chi connectivity index (χ0) is 12.3. The van der Waals surface area contributed by atoms with E-state index in [0.29, 0.717) is 10.8 Å². The minimum Gasteiger partial charge on any atom is -0.488 e. The molecule has 87 valence electrons. The molecule has 0 saturated carbocycles. The molecule has 0 heterocycles. The van der Waals surface area contributed by atoms with E-state index in [2.05, 4.69) is 19.6 Å². The predicted molar refractivity (Wildman–Crippen MR) is 66.4 cm³/mol. The van der Waals surface area contributed by atoms with E-state index < -0.39 is 17.3 Å². The van der Waals surface area contributed by atoms with E-state index in [9.17, 15) is 4.79 Å². The lowest BCUT2D eigenvalue weighted by atomic mass is 10.2. The van der Waals surface area contributed by atoms with E-state index in [0.717, 1.165) is 5.56 Å². The van der Waals surface area contributed by atoms with Crippen LogP contribution in [0.5, 0.6) is 5.75 Å². The summed E-state index contributed by atoms with van der Waals surface area (Å²) >= 11 is 9.68. The summed E-state index contributed by atoms with van der Waals surface area (Å²) in [5.74, 6) is -0.500. The normalized spacial score (nSPS) is 14.2. The van der Waals surface area contributed by atoms with Gasteiger partial charge in [0.2, 0.25) is 0 Å². The highest BCUT2D eigenvalue weighted by atomic mass is 35.5. The average Bonchev–Trinajstić information content (AvgIpc) is 2.20. The Hall–Kier alpha value is -0.870. The van der Waals surface area contributed by atoms with Gasteiger partial charge in [0.1, 0.15) is 17.1 Å². The Kier molecular flexibility index (Phi) is 4.50. The van der Waals surface area contributed by atoms with Gasteiger partial charge < -0.3 is 9.84 Å². The van der Waals surface area contributed by atoms with Gasteiger partial charge in [0.05, 0.1) is 0 Å². The Labute approximate surface area is 105 Å². The highest BCUT2D eigenvalue weighted by molar-refractivity contribution is 7.81. The van der Waals surface area contributed by atoms with Crippen molar-refractivity contribution < 1.29 is 14.6 Å². The highest BCUT2D eigenvalue weighted by Gasteiger charge is 2.22. The van der Waals surface area contributed by atoms with Crippen LogP contribution in [0.25, 0.3) is 0 Å². The van der Waals surface area contributed by atoms with E-state index in [1.807, 2.05) is 6.92 Å². The zero-order valence-corrected chi connectivity index (χ0v) is 10.3. The van der Waals surface area contributed by atoms with Gasteiger partial charge in [-0.15, -0.1) is 0 Å². The number of thiol groups is 1. The predicted octanol–water partition coefficient (Wildman–Crippen LogP) is 2.61. The number of hydrogen-bond donors (Lipinski definition) is 2. The summed E-state index contributed by atoms with van der Waals surface area (Å²) in [6.45, 7) is 5.43. The third-order valence-corrected chi connectivity index (χ3v) is 2.81. The summed E-state index contributed by atoms with van der Waals surface area (Å²) in [6, 6.07) is 5.08. The number of rotatable bonds is 4. The van der Waals surface area contributed by atoms with Gasteiger partial charge >= 0.3 is 5.97 Å². The minimum absolute atomic E-state index is 0.560. The van der Waals surface area contributed by atoms with Crippen molar-refractivity contribution in [3.8, 4) is 5.75 Å². The van der Waals surface area contributed by atoms with Crippen LogP contribution in [0.2, 0.25) is 5.02 Å². The van der Waals surface area contributed by atoms with E-state index in [-0.39, 0.29) is 0 Å². The zero-order valence-electron chi connectivity index (χ0n) is 8.68. The average molecular weight is 260 g/mol. The second-order valence-electron chi connectivity index (χ2n) is 3.35. The van der Waals surface area contributed by atoms with Crippen LogP contribution in [0, 0.1) is 13.8 Å². The summed E-state index contributed by atoms with van der Waals surface area (Å²) in [5, 5.41) is 8.37. The number of hydrogen-bond acceptors (Lipinski definition) is 3. The topological polar surface area (TPSA) is 46.5 Å². The molecule has 0 amide bonds. The van der Waals surface area contributed by atoms with Gasteiger partial charge in [-0.2, -0.15) is 12.6 Å². The van der Waals surface area contributed by atoms with Gasteiger partial charge in [0.15, 0.2) is 0 Å². The molecule has 1 N–H and O–H groups in total. The van der Waals surface area contributed by atoms with Crippen molar-refractivity contribution in [3.63, 3.8) is 0 Å². The van der Waals surface area contributed by atoms with E-state index >= 15 is 0 Å². The molecule has 0 saturated heterocycles. The first-order valence-corrected chi connectivity index (χ1v) is 5.48. The van der Waals surface area contributed by atoms with Crippen LogP contribution in [-0.2, 0) is 4.79 Å². The van der Waals surface area contributed by atoms with E-state index in [4.69, 9.17) is 21.4 Å². The molecule has 1 radical (unpaired) electrons. The van der Waals surface area contributed by atoms with Crippen molar-refractivity contribution in [1.29, 1.82) is 0 Å². The van der Waals surface area contributed by atoms with E-state index in [1.165, 1.54) is 0 Å². The molecule has 0 aliphatic carbocycles. The third kappa shape index (κ3) is 3.32. The van der Waals surface area contributed by atoms with Crippen LogP contribution in [0.3, 0.4) is 0 Å². The summed E-state index contributed by atoms with van der Waals surface area (Å²) in [5.41, 5.74) is 0.826. The Balaban J connectivity index is 2.77. The first-order chi connectivity index (χ1) is 7.41. The van der Waals surface area contributed by atoms with Crippen molar-refractivity contribution in [2.75, 3.05) is 0 Å². The van der Waals surface area contributed by atoms with Gasteiger partial charge in [0.25, 0.3) is 0 Å². The fourth-order valence-corrected chi connectivity index (χ4v) is 1.42. The quantitative estimate of drug-likeness (QED) is 0.817. The van der Waals surface area contributed by atoms with Crippen LogP contribution < -0.4 is 4.74 Å². The first kappa shape index (κ1) is 13.2. The molecule has 16 heavy (non-hydrogen) atoms. The molecular formula is C11H12ClO3S. The molecule has 0 bridgehead atoms. The second kappa shape index (κ2) is 5.46. The molecule has 1 aromatic rings. The van der Waals surface area contributed by atoms with Crippen molar-refractivity contribution >= 4 is 30.2 Å². The van der Waals surface area contributed by atoms with Crippen LogP contribution in [0.1, 0.15) is 5.56 Å². The van der Waals surface area contributed by atoms with Crippen molar-refractivity contribution in [2.45, 2.75) is 18.3 Å². The first-order valence-electron chi connectivity index (χ1n) is 4.58. The summed E-state index contributed by atoms with van der Waals surface area (Å²) in [6.07, 6.45) is -0.763. The number of halogens is 1. The van der Waals surface area contributed by atoms with Gasteiger partial charge in [-0.1, -0.05) is 11.6 Å². The third-order valence-electron chi connectivity index (χ3n) is 2.02. The Morgan fingerprint density at radius 3 is 2.75 bits per heavy atom. The smallest absolute Gasteiger partial charge is 0.320 e. The summed E-state index contributed by atoms with van der Waals surface area (Å²) in [7, 11) is 0. The molecule has 0 aliphatic rings. The van der Waals surface area contributed by atoms with Crippen LogP contribution in [0.15, 0.2) is 18.2 Å². The van der Waals surface area contributed by atoms with Crippen molar-refractivity contribution in [1.82, 2.24) is 0 Å². The molecule has 2 unspecified atom stereocenters. The van der Waals surface area contributed by atoms with Gasteiger partial charge in [-0.3, -0.25) is 4.79 Å². The lowest BCUT2D eigenvalue weighted by molar-refractivity contribution is -0.137. The molecule has 0 aromatic heterocycles. The van der Waals surface area contributed by atoms with E-state index in [1.54, 1.807) is 18.2 Å². The van der Waals surface area contributed by atoms with Crippen LogP contribution in [-0.4, -0.2) is 22.4 Å². The molecule has 0 fully saturated rings. The van der Waals surface area contributed by atoms with Gasteiger partial charge in [-0.25, -0.2) is 0 Å².